The number of nitrogens with one attached hydrogen (secondary N) is 2. The van der Waals surface area contributed by atoms with Gasteiger partial charge in [0.25, 0.3) is 0 Å². The van der Waals surface area contributed by atoms with Crippen LogP contribution in [0.4, 0.5) is 10.1 Å². The Morgan fingerprint density at radius 3 is 2.46 bits per heavy atom. The Morgan fingerprint density at radius 1 is 1.15 bits per heavy atom. The number of rotatable bonds is 8. The van der Waals surface area contributed by atoms with Crippen LogP contribution in [0.2, 0.25) is 0 Å². The van der Waals surface area contributed by atoms with Crippen molar-refractivity contribution >= 4 is 47.4 Å². The number of guanidine groups is 1. The Balaban J connectivity index is 0.00000338. The summed E-state index contributed by atoms with van der Waals surface area (Å²) in [7, 11) is 0. The molecular formula is C18H31FIN5S. The average molecular weight is 495 g/mol. The topological polar surface area (TPSA) is 42.9 Å². The second-order valence-electron chi connectivity index (χ2n) is 5.99. The first kappa shape index (κ1) is 23.3. The first-order valence-corrected chi connectivity index (χ1v) is 10.4. The van der Waals surface area contributed by atoms with Crippen molar-refractivity contribution in [3.8, 4) is 0 Å². The second kappa shape index (κ2) is 13.4. The van der Waals surface area contributed by atoms with E-state index < -0.39 is 0 Å². The maximum absolute atomic E-state index is 13.0. The molecule has 0 atom stereocenters. The Labute approximate surface area is 178 Å². The molecule has 1 aromatic rings. The average Bonchev–Trinajstić information content (AvgIpc) is 2.63. The van der Waals surface area contributed by atoms with Gasteiger partial charge in [-0.05, 0) is 37.4 Å². The third-order valence-corrected chi connectivity index (χ3v) is 4.81. The summed E-state index contributed by atoms with van der Waals surface area (Å²) in [5.74, 6) is 1.81. The van der Waals surface area contributed by atoms with Gasteiger partial charge in [-0.2, -0.15) is 11.8 Å². The second-order valence-corrected chi connectivity index (χ2v) is 6.97. The summed E-state index contributed by atoms with van der Waals surface area (Å²) in [5.41, 5.74) is 1.10. The van der Waals surface area contributed by atoms with Gasteiger partial charge in [0.05, 0.1) is 6.54 Å². The fourth-order valence-electron chi connectivity index (χ4n) is 2.80. The standard InChI is InChI=1S/C18H30FN5S.HI/c1-3-20-18(22-9-15-25-2)21-8-10-23-11-13-24(14-12-23)17-6-4-16(19)5-7-17;/h4-7H,3,8-15H2,1-2H3,(H2,20,21,22);1H. The van der Waals surface area contributed by atoms with Crippen molar-refractivity contribution in [2.45, 2.75) is 6.92 Å². The molecule has 8 heteroatoms. The van der Waals surface area contributed by atoms with Gasteiger partial charge in [-0.15, -0.1) is 24.0 Å². The van der Waals surface area contributed by atoms with Crippen LogP contribution in [-0.4, -0.2) is 75.2 Å². The summed E-state index contributed by atoms with van der Waals surface area (Å²) in [6.45, 7) is 9.64. The molecule has 5 nitrogen and oxygen atoms in total. The Bertz CT molecular complexity index is 521. The predicted molar refractivity (Wildman–Crippen MR) is 123 cm³/mol. The Morgan fingerprint density at radius 2 is 1.85 bits per heavy atom. The number of hydrogen-bond acceptors (Lipinski definition) is 4. The van der Waals surface area contributed by atoms with E-state index in [0.29, 0.717) is 0 Å². The fraction of sp³-hybridized carbons (Fsp3) is 0.611. The lowest BCUT2D eigenvalue weighted by molar-refractivity contribution is 0.265. The highest BCUT2D eigenvalue weighted by Gasteiger charge is 2.16. The molecule has 1 fully saturated rings. The smallest absolute Gasteiger partial charge is 0.191 e. The maximum Gasteiger partial charge on any atom is 0.191 e. The van der Waals surface area contributed by atoms with E-state index in [2.05, 4.69) is 38.6 Å². The molecule has 1 aliphatic heterocycles. The molecule has 1 aliphatic rings. The molecule has 2 N–H and O–H groups in total. The normalized spacial score (nSPS) is 15.5. The largest absolute Gasteiger partial charge is 0.369 e. The third-order valence-electron chi connectivity index (χ3n) is 4.19. The predicted octanol–water partition coefficient (Wildman–Crippen LogP) is 2.48. The van der Waals surface area contributed by atoms with E-state index in [4.69, 9.17) is 0 Å². The van der Waals surface area contributed by atoms with Crippen molar-refractivity contribution in [2.24, 2.45) is 4.99 Å². The highest BCUT2D eigenvalue weighted by molar-refractivity contribution is 14.0. The highest BCUT2D eigenvalue weighted by Crippen LogP contribution is 2.16. The number of nitrogens with zero attached hydrogens (tertiary/aromatic N) is 3. The molecule has 0 saturated carbocycles. The number of thioether (sulfide) groups is 1. The van der Waals surface area contributed by atoms with Crippen molar-refractivity contribution < 1.29 is 4.39 Å². The number of piperazine rings is 1. The zero-order valence-corrected chi connectivity index (χ0v) is 18.9. The van der Waals surface area contributed by atoms with E-state index >= 15 is 0 Å². The molecule has 0 amide bonds. The molecule has 0 unspecified atom stereocenters. The lowest BCUT2D eigenvalue weighted by Gasteiger charge is -2.35. The van der Waals surface area contributed by atoms with Crippen molar-refractivity contribution in [3.63, 3.8) is 0 Å². The van der Waals surface area contributed by atoms with Crippen molar-refractivity contribution in [3.05, 3.63) is 30.1 Å². The number of anilines is 1. The first-order chi connectivity index (χ1) is 12.2. The van der Waals surface area contributed by atoms with Crippen LogP contribution in [0.5, 0.6) is 0 Å². The molecule has 1 aromatic carbocycles. The monoisotopic (exact) mass is 495 g/mol. The summed E-state index contributed by atoms with van der Waals surface area (Å²) >= 11 is 1.83. The van der Waals surface area contributed by atoms with Crippen LogP contribution in [-0.2, 0) is 0 Å². The van der Waals surface area contributed by atoms with Gasteiger partial charge >= 0.3 is 0 Å². The number of aliphatic imine (C=N–C) groups is 1. The van der Waals surface area contributed by atoms with E-state index in [0.717, 1.165) is 69.8 Å². The summed E-state index contributed by atoms with van der Waals surface area (Å²) in [4.78, 5) is 9.41. The summed E-state index contributed by atoms with van der Waals surface area (Å²) in [5, 5.41) is 6.64. The van der Waals surface area contributed by atoms with Gasteiger partial charge in [-0.25, -0.2) is 4.39 Å². The minimum absolute atomic E-state index is 0. The van der Waals surface area contributed by atoms with Crippen LogP contribution in [0.25, 0.3) is 0 Å². The van der Waals surface area contributed by atoms with Gasteiger partial charge in [0.1, 0.15) is 5.82 Å². The Hall–Kier alpha value is -0.740. The number of halogens is 2. The van der Waals surface area contributed by atoms with Crippen molar-refractivity contribution in [1.82, 2.24) is 15.5 Å². The zero-order chi connectivity index (χ0) is 17.9. The summed E-state index contributed by atoms with van der Waals surface area (Å²) < 4.78 is 13.0. The number of hydrogen-bond donors (Lipinski definition) is 2. The van der Waals surface area contributed by atoms with Gasteiger partial charge in [0.15, 0.2) is 5.96 Å². The van der Waals surface area contributed by atoms with Gasteiger partial charge < -0.3 is 15.5 Å². The first-order valence-electron chi connectivity index (χ1n) is 8.97. The van der Waals surface area contributed by atoms with Gasteiger partial charge in [0, 0.05) is 57.3 Å². The van der Waals surface area contributed by atoms with Gasteiger partial charge in [0.2, 0.25) is 0 Å². The van der Waals surface area contributed by atoms with E-state index in [1.165, 1.54) is 12.1 Å². The molecule has 0 aliphatic carbocycles. The van der Waals surface area contributed by atoms with Crippen LogP contribution < -0.4 is 15.5 Å². The SMILES string of the molecule is CCNC(=NCCN1CCN(c2ccc(F)cc2)CC1)NCCSC.I. The minimum Gasteiger partial charge on any atom is -0.369 e. The van der Waals surface area contributed by atoms with Crippen molar-refractivity contribution in [2.75, 3.05) is 69.3 Å². The molecule has 1 heterocycles. The molecule has 0 bridgehead atoms. The molecule has 1 saturated heterocycles. The van der Waals surface area contributed by atoms with E-state index in [-0.39, 0.29) is 29.8 Å². The van der Waals surface area contributed by atoms with Gasteiger partial charge in [-0.3, -0.25) is 9.89 Å². The third kappa shape index (κ3) is 8.30. The fourth-order valence-corrected chi connectivity index (χ4v) is 3.10. The van der Waals surface area contributed by atoms with E-state index in [1.807, 2.05) is 23.9 Å². The summed E-state index contributed by atoms with van der Waals surface area (Å²) in [6, 6.07) is 6.78. The molecule has 26 heavy (non-hydrogen) atoms. The van der Waals surface area contributed by atoms with E-state index in [1.54, 1.807) is 0 Å². The highest BCUT2D eigenvalue weighted by atomic mass is 127. The molecular weight excluding hydrogens is 464 g/mol. The Kier molecular flexibility index (Phi) is 12.0. The van der Waals surface area contributed by atoms with Crippen LogP contribution in [0.3, 0.4) is 0 Å². The molecule has 2 rings (SSSR count). The van der Waals surface area contributed by atoms with Crippen LogP contribution in [0, 0.1) is 5.82 Å². The minimum atomic E-state index is -0.178. The van der Waals surface area contributed by atoms with Crippen LogP contribution in [0.15, 0.2) is 29.3 Å². The lowest BCUT2D eigenvalue weighted by atomic mass is 10.2. The van der Waals surface area contributed by atoms with E-state index in [9.17, 15) is 4.39 Å². The lowest BCUT2D eigenvalue weighted by Crippen LogP contribution is -2.47. The van der Waals surface area contributed by atoms with Crippen LogP contribution in [0.1, 0.15) is 6.92 Å². The number of benzene rings is 1. The molecule has 0 spiro atoms. The molecule has 0 aromatic heterocycles. The van der Waals surface area contributed by atoms with Gasteiger partial charge in [-0.1, -0.05) is 0 Å². The van der Waals surface area contributed by atoms with Crippen LogP contribution >= 0.6 is 35.7 Å². The van der Waals surface area contributed by atoms with Crippen molar-refractivity contribution in [1.29, 1.82) is 0 Å². The summed E-state index contributed by atoms with van der Waals surface area (Å²) in [6.07, 6.45) is 2.11. The maximum atomic E-state index is 13.0. The quantitative estimate of drug-likeness (QED) is 0.251. The molecule has 148 valence electrons. The molecule has 0 radical (unpaired) electrons. The zero-order valence-electron chi connectivity index (χ0n) is 15.7.